The van der Waals surface area contributed by atoms with Crippen molar-refractivity contribution >= 4 is 15.9 Å². The second kappa shape index (κ2) is 6.46. The van der Waals surface area contributed by atoms with E-state index in [1.54, 1.807) is 6.20 Å². The minimum Gasteiger partial charge on any atom is -0.296 e. The lowest BCUT2D eigenvalue weighted by Gasteiger charge is -2.16. The zero-order valence-corrected chi connectivity index (χ0v) is 12.3. The highest BCUT2D eigenvalue weighted by atomic mass is 79.9. The molecular weight excluding hydrogens is 302 g/mol. The summed E-state index contributed by atoms with van der Waals surface area (Å²) in [5.41, 5.74) is 2.87. The Labute approximate surface area is 121 Å². The van der Waals surface area contributed by atoms with Gasteiger partial charge in [-0.05, 0) is 52.8 Å². The molecule has 4 heteroatoms. The second-order valence-corrected chi connectivity index (χ2v) is 5.37. The van der Waals surface area contributed by atoms with Gasteiger partial charge in [-0.3, -0.25) is 9.88 Å². The monoisotopic (exact) mass is 315 g/mol. The average molecular weight is 316 g/mol. The molecule has 0 fully saturated rings. The van der Waals surface area contributed by atoms with Crippen molar-refractivity contribution in [2.75, 3.05) is 7.05 Å². The van der Waals surface area contributed by atoms with Crippen molar-refractivity contribution in [1.82, 2.24) is 9.88 Å². The molecular formula is C15H14BrN3. The van der Waals surface area contributed by atoms with Crippen LogP contribution in [0.25, 0.3) is 0 Å². The Hall–Kier alpha value is -1.70. The standard InChI is InChI=1S/C15H14BrN3/c1-19(11-15-6-5-14(16)9-18-15)10-13-4-2-3-12(7-13)8-17/h2-7,9H,10-11H2,1H3. The molecule has 0 atom stereocenters. The van der Waals surface area contributed by atoms with Crippen molar-refractivity contribution in [2.45, 2.75) is 13.1 Å². The van der Waals surface area contributed by atoms with E-state index in [0.717, 1.165) is 28.8 Å². The molecule has 0 N–H and O–H groups in total. The molecule has 0 unspecified atom stereocenters. The highest BCUT2D eigenvalue weighted by molar-refractivity contribution is 9.10. The number of hydrogen-bond acceptors (Lipinski definition) is 3. The Balaban J connectivity index is 1.99. The number of nitriles is 1. The Kier molecular flexibility index (Phi) is 4.67. The van der Waals surface area contributed by atoms with Crippen LogP contribution in [0.15, 0.2) is 47.1 Å². The summed E-state index contributed by atoms with van der Waals surface area (Å²) >= 11 is 3.37. The summed E-state index contributed by atoms with van der Waals surface area (Å²) in [4.78, 5) is 6.53. The van der Waals surface area contributed by atoms with Gasteiger partial charge in [-0.1, -0.05) is 12.1 Å². The Morgan fingerprint density at radius 3 is 2.79 bits per heavy atom. The minimum atomic E-state index is 0.702. The van der Waals surface area contributed by atoms with Crippen molar-refractivity contribution in [3.63, 3.8) is 0 Å². The number of aromatic nitrogens is 1. The zero-order valence-electron chi connectivity index (χ0n) is 10.7. The Bertz CT molecular complexity index is 587. The Morgan fingerprint density at radius 2 is 2.11 bits per heavy atom. The van der Waals surface area contributed by atoms with Gasteiger partial charge in [0.25, 0.3) is 0 Å². The lowest BCUT2D eigenvalue weighted by Crippen LogP contribution is -2.17. The van der Waals surface area contributed by atoms with Gasteiger partial charge in [0.2, 0.25) is 0 Å². The van der Waals surface area contributed by atoms with Gasteiger partial charge in [0.05, 0.1) is 17.3 Å². The van der Waals surface area contributed by atoms with Crippen LogP contribution in [0.3, 0.4) is 0 Å². The number of halogens is 1. The van der Waals surface area contributed by atoms with Crippen LogP contribution in [0, 0.1) is 11.3 Å². The van der Waals surface area contributed by atoms with E-state index in [1.165, 1.54) is 0 Å². The highest BCUT2D eigenvalue weighted by Crippen LogP contribution is 2.11. The maximum absolute atomic E-state index is 8.88. The van der Waals surface area contributed by atoms with Gasteiger partial charge in [-0.2, -0.15) is 5.26 Å². The van der Waals surface area contributed by atoms with Crippen LogP contribution in [0.1, 0.15) is 16.8 Å². The van der Waals surface area contributed by atoms with Crippen molar-refractivity contribution in [2.24, 2.45) is 0 Å². The van der Waals surface area contributed by atoms with Crippen LogP contribution in [0.5, 0.6) is 0 Å². The van der Waals surface area contributed by atoms with Crippen molar-refractivity contribution in [1.29, 1.82) is 5.26 Å². The number of benzene rings is 1. The molecule has 2 rings (SSSR count). The first-order valence-corrected chi connectivity index (χ1v) is 6.74. The summed E-state index contributed by atoms with van der Waals surface area (Å²) < 4.78 is 0.987. The van der Waals surface area contributed by atoms with Gasteiger partial charge in [0.15, 0.2) is 0 Å². The van der Waals surface area contributed by atoms with E-state index in [9.17, 15) is 0 Å². The number of nitrogens with zero attached hydrogens (tertiary/aromatic N) is 3. The quantitative estimate of drug-likeness (QED) is 0.868. The van der Waals surface area contributed by atoms with Gasteiger partial charge < -0.3 is 0 Å². The van der Waals surface area contributed by atoms with E-state index in [-0.39, 0.29) is 0 Å². The summed E-state index contributed by atoms with van der Waals surface area (Å²) in [5.74, 6) is 0. The largest absolute Gasteiger partial charge is 0.296 e. The smallest absolute Gasteiger partial charge is 0.0991 e. The minimum absolute atomic E-state index is 0.702. The lowest BCUT2D eigenvalue weighted by molar-refractivity contribution is 0.315. The van der Waals surface area contributed by atoms with Gasteiger partial charge in [-0.25, -0.2) is 0 Å². The third-order valence-electron chi connectivity index (χ3n) is 2.73. The number of pyridine rings is 1. The molecule has 96 valence electrons. The first kappa shape index (κ1) is 13.7. The van der Waals surface area contributed by atoms with Crippen LogP contribution in [0.2, 0.25) is 0 Å². The van der Waals surface area contributed by atoms with E-state index in [1.807, 2.05) is 43.4 Å². The van der Waals surface area contributed by atoms with Crippen LogP contribution in [0.4, 0.5) is 0 Å². The van der Waals surface area contributed by atoms with Gasteiger partial charge in [-0.15, -0.1) is 0 Å². The molecule has 0 aliphatic rings. The summed E-state index contributed by atoms with van der Waals surface area (Å²) in [6.07, 6.45) is 1.81. The number of rotatable bonds is 4. The molecule has 3 nitrogen and oxygen atoms in total. The van der Waals surface area contributed by atoms with E-state index in [2.05, 4.69) is 31.9 Å². The molecule has 0 spiro atoms. The zero-order chi connectivity index (χ0) is 13.7. The normalized spacial score (nSPS) is 10.4. The SMILES string of the molecule is CN(Cc1cccc(C#N)c1)Cc1ccc(Br)cn1. The predicted octanol–water partition coefficient (Wildman–Crippen LogP) is 3.35. The van der Waals surface area contributed by atoms with Gasteiger partial charge in [0, 0.05) is 23.8 Å². The van der Waals surface area contributed by atoms with Crippen molar-refractivity contribution in [3.05, 3.63) is 63.9 Å². The summed E-state index contributed by atoms with van der Waals surface area (Å²) in [6, 6.07) is 13.9. The molecule has 0 bridgehead atoms. The molecule has 0 saturated carbocycles. The molecule has 0 aliphatic heterocycles. The highest BCUT2D eigenvalue weighted by Gasteiger charge is 2.03. The van der Waals surface area contributed by atoms with Crippen LogP contribution in [-0.2, 0) is 13.1 Å². The molecule has 1 heterocycles. The van der Waals surface area contributed by atoms with E-state index in [0.29, 0.717) is 5.56 Å². The maximum Gasteiger partial charge on any atom is 0.0991 e. The summed E-state index contributed by atoms with van der Waals surface area (Å²) in [7, 11) is 2.04. The third-order valence-corrected chi connectivity index (χ3v) is 3.20. The van der Waals surface area contributed by atoms with E-state index < -0.39 is 0 Å². The van der Waals surface area contributed by atoms with Crippen LogP contribution in [-0.4, -0.2) is 16.9 Å². The molecule has 1 aromatic heterocycles. The van der Waals surface area contributed by atoms with Crippen LogP contribution < -0.4 is 0 Å². The fourth-order valence-corrected chi connectivity index (χ4v) is 2.12. The van der Waals surface area contributed by atoms with Crippen molar-refractivity contribution < 1.29 is 0 Å². The average Bonchev–Trinajstić information content (AvgIpc) is 2.41. The molecule has 0 amide bonds. The van der Waals surface area contributed by atoms with E-state index >= 15 is 0 Å². The fraction of sp³-hybridized carbons (Fsp3) is 0.200. The Morgan fingerprint density at radius 1 is 1.26 bits per heavy atom. The summed E-state index contributed by atoms with van der Waals surface area (Å²) in [5, 5.41) is 8.88. The van der Waals surface area contributed by atoms with Crippen molar-refractivity contribution in [3.8, 4) is 6.07 Å². The molecule has 2 aromatic rings. The first-order chi connectivity index (χ1) is 9.17. The molecule has 0 saturated heterocycles. The fourth-order valence-electron chi connectivity index (χ4n) is 1.88. The molecule has 19 heavy (non-hydrogen) atoms. The van der Waals surface area contributed by atoms with Gasteiger partial charge in [0.1, 0.15) is 0 Å². The van der Waals surface area contributed by atoms with Gasteiger partial charge >= 0.3 is 0 Å². The second-order valence-electron chi connectivity index (χ2n) is 4.45. The first-order valence-electron chi connectivity index (χ1n) is 5.95. The topological polar surface area (TPSA) is 39.9 Å². The molecule has 0 aliphatic carbocycles. The number of hydrogen-bond donors (Lipinski definition) is 0. The summed E-state index contributed by atoms with van der Waals surface area (Å²) in [6.45, 7) is 1.58. The third kappa shape index (κ3) is 4.16. The maximum atomic E-state index is 8.88. The molecule has 1 aromatic carbocycles. The lowest BCUT2D eigenvalue weighted by atomic mass is 10.1. The van der Waals surface area contributed by atoms with E-state index in [4.69, 9.17) is 5.26 Å². The predicted molar refractivity (Wildman–Crippen MR) is 78.3 cm³/mol. The molecule has 0 radical (unpaired) electrons. The van der Waals surface area contributed by atoms with Crippen LogP contribution >= 0.6 is 15.9 Å².